The molecule has 1 aliphatic carbocycles. The van der Waals surface area contributed by atoms with Crippen LogP contribution in [0.15, 0.2) is 0 Å². The number of ether oxygens (including phenoxy) is 2. The SMILES string of the molecule is CC(C)C[C@@H](NC(=O)CCCNC(=O)OC(C)(C)C)C(=O)OC1CCCC1. The molecule has 2 amide bonds. The second-order valence-corrected chi connectivity index (χ2v) is 8.63. The molecule has 1 atom stereocenters. The Balaban J connectivity index is 2.35. The van der Waals surface area contributed by atoms with Gasteiger partial charge in [0.2, 0.25) is 5.91 Å². The van der Waals surface area contributed by atoms with Crippen LogP contribution in [0.2, 0.25) is 0 Å². The lowest BCUT2D eigenvalue weighted by Crippen LogP contribution is -2.43. The second kappa shape index (κ2) is 11.1. The quantitative estimate of drug-likeness (QED) is 0.470. The van der Waals surface area contributed by atoms with Gasteiger partial charge < -0.3 is 20.1 Å². The minimum Gasteiger partial charge on any atom is -0.461 e. The van der Waals surface area contributed by atoms with E-state index in [0.29, 0.717) is 19.4 Å². The number of nitrogens with one attached hydrogen (secondary N) is 2. The van der Waals surface area contributed by atoms with Crippen molar-refractivity contribution in [2.24, 2.45) is 5.92 Å². The molecule has 2 N–H and O–H groups in total. The lowest BCUT2D eigenvalue weighted by Gasteiger charge is -2.22. The molecule has 0 saturated heterocycles. The first kappa shape index (κ1) is 23.2. The third-order valence-corrected chi connectivity index (χ3v) is 4.16. The summed E-state index contributed by atoms with van der Waals surface area (Å²) < 4.78 is 10.7. The van der Waals surface area contributed by atoms with Gasteiger partial charge in [-0.25, -0.2) is 9.59 Å². The molecule has 1 aliphatic rings. The van der Waals surface area contributed by atoms with Crippen molar-refractivity contribution in [2.45, 2.75) is 97.3 Å². The Labute approximate surface area is 162 Å². The number of amides is 2. The summed E-state index contributed by atoms with van der Waals surface area (Å²) in [6, 6.07) is -0.614. The Morgan fingerprint density at radius 3 is 2.30 bits per heavy atom. The van der Waals surface area contributed by atoms with E-state index in [1.54, 1.807) is 20.8 Å². The van der Waals surface area contributed by atoms with Gasteiger partial charge in [0.05, 0.1) is 0 Å². The smallest absolute Gasteiger partial charge is 0.407 e. The highest BCUT2D eigenvalue weighted by Crippen LogP contribution is 2.22. The molecule has 1 rings (SSSR count). The van der Waals surface area contributed by atoms with Crippen LogP contribution in [0.25, 0.3) is 0 Å². The molecule has 156 valence electrons. The average molecular weight is 385 g/mol. The highest BCUT2D eigenvalue weighted by atomic mass is 16.6. The Hall–Kier alpha value is -1.79. The van der Waals surface area contributed by atoms with Gasteiger partial charge in [-0.15, -0.1) is 0 Å². The monoisotopic (exact) mass is 384 g/mol. The minimum absolute atomic E-state index is 0.0120. The summed E-state index contributed by atoms with van der Waals surface area (Å²) in [4.78, 5) is 36.2. The molecule has 1 fully saturated rings. The topological polar surface area (TPSA) is 93.7 Å². The van der Waals surface area contributed by atoms with E-state index in [1.165, 1.54) is 0 Å². The molecule has 7 nitrogen and oxygen atoms in total. The third kappa shape index (κ3) is 10.8. The lowest BCUT2D eigenvalue weighted by atomic mass is 10.0. The van der Waals surface area contributed by atoms with Crippen molar-refractivity contribution in [2.75, 3.05) is 6.54 Å². The maximum atomic E-state index is 12.4. The van der Waals surface area contributed by atoms with Crippen LogP contribution >= 0.6 is 0 Å². The Morgan fingerprint density at radius 2 is 1.74 bits per heavy atom. The summed E-state index contributed by atoms with van der Waals surface area (Å²) in [5.74, 6) is -0.286. The van der Waals surface area contributed by atoms with E-state index in [-0.39, 0.29) is 30.3 Å². The van der Waals surface area contributed by atoms with E-state index in [4.69, 9.17) is 9.47 Å². The summed E-state index contributed by atoms with van der Waals surface area (Å²) in [7, 11) is 0. The highest BCUT2D eigenvalue weighted by molar-refractivity contribution is 5.84. The van der Waals surface area contributed by atoms with Crippen LogP contribution in [0.4, 0.5) is 4.79 Å². The number of carbonyl (C=O) groups excluding carboxylic acids is 3. The van der Waals surface area contributed by atoms with Gasteiger partial charge in [0.1, 0.15) is 17.7 Å². The van der Waals surface area contributed by atoms with Crippen LogP contribution in [0, 0.1) is 5.92 Å². The van der Waals surface area contributed by atoms with Gasteiger partial charge in [-0.1, -0.05) is 13.8 Å². The van der Waals surface area contributed by atoms with E-state index in [2.05, 4.69) is 10.6 Å². The van der Waals surface area contributed by atoms with Gasteiger partial charge in [-0.2, -0.15) is 0 Å². The van der Waals surface area contributed by atoms with Gasteiger partial charge >= 0.3 is 12.1 Å². The zero-order chi connectivity index (χ0) is 20.4. The molecule has 0 aliphatic heterocycles. The summed E-state index contributed by atoms with van der Waals surface area (Å²) >= 11 is 0. The summed E-state index contributed by atoms with van der Waals surface area (Å²) in [6.45, 7) is 9.72. The molecule has 0 spiro atoms. The van der Waals surface area contributed by atoms with Crippen molar-refractivity contribution in [3.8, 4) is 0 Å². The zero-order valence-corrected chi connectivity index (χ0v) is 17.4. The van der Waals surface area contributed by atoms with E-state index in [9.17, 15) is 14.4 Å². The fourth-order valence-electron chi connectivity index (χ4n) is 2.96. The first-order valence-corrected chi connectivity index (χ1v) is 10.0. The zero-order valence-electron chi connectivity index (χ0n) is 17.4. The van der Waals surface area contributed by atoms with E-state index in [1.807, 2.05) is 13.8 Å². The summed E-state index contributed by atoms with van der Waals surface area (Å²) in [6.07, 6.45) is 4.72. The molecule has 0 radical (unpaired) electrons. The minimum atomic E-state index is -0.614. The normalized spacial score (nSPS) is 16.1. The molecular weight excluding hydrogens is 348 g/mol. The van der Waals surface area contributed by atoms with Crippen molar-refractivity contribution in [1.82, 2.24) is 10.6 Å². The van der Waals surface area contributed by atoms with Crippen LogP contribution in [0.5, 0.6) is 0 Å². The fourth-order valence-corrected chi connectivity index (χ4v) is 2.96. The standard InChI is InChI=1S/C20H36N2O5/c1-14(2)13-16(18(24)26-15-9-6-7-10-15)22-17(23)11-8-12-21-19(25)27-20(3,4)5/h14-16H,6-13H2,1-5H3,(H,21,25)(H,22,23)/t16-/m1/s1. The number of hydrogen-bond acceptors (Lipinski definition) is 5. The molecule has 27 heavy (non-hydrogen) atoms. The molecule has 0 aromatic heterocycles. The van der Waals surface area contributed by atoms with Crippen LogP contribution in [0.3, 0.4) is 0 Å². The van der Waals surface area contributed by atoms with E-state index >= 15 is 0 Å². The molecule has 0 bridgehead atoms. The molecule has 7 heteroatoms. The number of rotatable bonds is 9. The summed E-state index contributed by atoms with van der Waals surface area (Å²) in [5, 5.41) is 5.41. The Kier molecular flexibility index (Phi) is 9.60. The number of esters is 1. The lowest BCUT2D eigenvalue weighted by molar-refractivity contribution is -0.153. The molecule has 0 unspecified atom stereocenters. The number of alkyl carbamates (subject to hydrolysis) is 1. The number of carbonyl (C=O) groups is 3. The maximum absolute atomic E-state index is 12.4. The van der Waals surface area contributed by atoms with Crippen molar-refractivity contribution < 1.29 is 23.9 Å². The molecule has 0 heterocycles. The van der Waals surface area contributed by atoms with Crippen LogP contribution in [0.1, 0.15) is 79.6 Å². The van der Waals surface area contributed by atoms with Crippen LogP contribution < -0.4 is 10.6 Å². The largest absolute Gasteiger partial charge is 0.461 e. The van der Waals surface area contributed by atoms with Crippen molar-refractivity contribution in [1.29, 1.82) is 0 Å². The number of hydrogen-bond donors (Lipinski definition) is 2. The van der Waals surface area contributed by atoms with Crippen LogP contribution in [-0.4, -0.2) is 42.3 Å². The molecule has 0 aromatic carbocycles. The van der Waals surface area contributed by atoms with Gasteiger partial charge in [0.25, 0.3) is 0 Å². The Morgan fingerprint density at radius 1 is 1.11 bits per heavy atom. The van der Waals surface area contributed by atoms with Crippen LogP contribution in [-0.2, 0) is 19.1 Å². The van der Waals surface area contributed by atoms with Crippen molar-refractivity contribution in [3.63, 3.8) is 0 Å². The van der Waals surface area contributed by atoms with Gasteiger partial charge in [-0.3, -0.25) is 4.79 Å². The maximum Gasteiger partial charge on any atom is 0.407 e. The van der Waals surface area contributed by atoms with Crippen molar-refractivity contribution in [3.05, 3.63) is 0 Å². The van der Waals surface area contributed by atoms with Gasteiger partial charge in [0, 0.05) is 13.0 Å². The first-order chi connectivity index (χ1) is 12.6. The molecule has 1 saturated carbocycles. The molecule has 0 aromatic rings. The second-order valence-electron chi connectivity index (χ2n) is 8.63. The molecular formula is C20H36N2O5. The van der Waals surface area contributed by atoms with Gasteiger partial charge in [0.15, 0.2) is 0 Å². The predicted octanol–water partition coefficient (Wildman–Crippen LogP) is 3.31. The Bertz CT molecular complexity index is 493. The summed E-state index contributed by atoms with van der Waals surface area (Å²) in [5.41, 5.74) is -0.550. The van der Waals surface area contributed by atoms with Gasteiger partial charge in [-0.05, 0) is 65.2 Å². The average Bonchev–Trinajstić information content (AvgIpc) is 3.01. The fraction of sp³-hybridized carbons (Fsp3) is 0.850. The third-order valence-electron chi connectivity index (χ3n) is 4.16. The highest BCUT2D eigenvalue weighted by Gasteiger charge is 2.27. The van der Waals surface area contributed by atoms with E-state index in [0.717, 1.165) is 25.7 Å². The van der Waals surface area contributed by atoms with E-state index < -0.39 is 17.7 Å². The van der Waals surface area contributed by atoms with Crippen molar-refractivity contribution >= 4 is 18.0 Å². The predicted molar refractivity (Wildman–Crippen MR) is 103 cm³/mol. The first-order valence-electron chi connectivity index (χ1n) is 10.0.